The Balaban J connectivity index is 0.000000161. The number of unbranched alkanes of at least 4 members (excludes halogenated alkanes) is 1. The van der Waals surface area contributed by atoms with E-state index in [1.54, 1.807) is 36.4 Å². The number of phenols is 3. The Bertz CT molecular complexity index is 6580. The van der Waals surface area contributed by atoms with Gasteiger partial charge in [-0.15, -0.1) is 0 Å². The van der Waals surface area contributed by atoms with Gasteiger partial charge < -0.3 is 28.4 Å². The number of aromatic hydroxyl groups is 3. The molecule has 10 aromatic rings. The van der Waals surface area contributed by atoms with E-state index in [2.05, 4.69) is 55.7 Å². The third-order valence-corrected chi connectivity index (χ3v) is 36.9. The number of ether oxygens (including phenoxy) is 1. The lowest BCUT2D eigenvalue weighted by Crippen LogP contribution is -2.50. The molecule has 5 unspecified atom stereocenters. The van der Waals surface area contributed by atoms with Crippen LogP contribution in [0.1, 0.15) is 245 Å². The van der Waals surface area contributed by atoms with E-state index in [0.29, 0.717) is 79.2 Å². The van der Waals surface area contributed by atoms with Crippen molar-refractivity contribution in [2.24, 2.45) is 0 Å². The molecule has 5 heterocycles. The van der Waals surface area contributed by atoms with E-state index in [4.69, 9.17) is 13.8 Å². The van der Waals surface area contributed by atoms with Crippen LogP contribution in [0.3, 0.4) is 0 Å². The molecule has 0 bridgehead atoms. The second-order valence-electron chi connectivity index (χ2n) is 35.1. The van der Waals surface area contributed by atoms with Crippen molar-refractivity contribution in [3.8, 4) is 34.5 Å². The Morgan fingerprint density at radius 2 is 0.560 bits per heavy atom. The molecule has 34 heteroatoms. The molecule has 0 fully saturated rings. The van der Waals surface area contributed by atoms with Crippen molar-refractivity contribution < 1.29 is 96.5 Å². The zero-order valence-corrected chi connectivity index (χ0v) is 83.1. The third-order valence-electron chi connectivity index (χ3n) is 26.4. The van der Waals surface area contributed by atoms with Crippen LogP contribution in [0, 0.1) is 0 Å². The number of methoxy groups -OCH3 is 1. The fourth-order valence-electron chi connectivity index (χ4n) is 18.9. The molecule has 10 aromatic carbocycles. The van der Waals surface area contributed by atoms with Crippen LogP contribution >= 0.6 is 0 Å². The zero-order valence-electron chi connectivity index (χ0n) is 77.4. The summed E-state index contributed by atoms with van der Waals surface area (Å²) in [5.74, 6) is -0.586. The molecule has 5 aliphatic heterocycles. The van der Waals surface area contributed by atoms with E-state index in [1.807, 2.05) is 200 Å². The van der Waals surface area contributed by atoms with E-state index in [-0.39, 0.29) is 106 Å². The van der Waals surface area contributed by atoms with Crippen LogP contribution in [0.25, 0.3) is 0 Å². The summed E-state index contributed by atoms with van der Waals surface area (Å²) in [6, 6.07) is 67.5. The van der Waals surface area contributed by atoms with Gasteiger partial charge in [-0.2, -0.15) is 16.8 Å². The second-order valence-corrected chi connectivity index (χ2v) is 47.0. The molecule has 15 rings (SSSR count). The number of hydrogen-bond donors (Lipinski definition) is 10. The minimum atomic E-state index is -4.77. The lowest BCUT2D eigenvalue weighted by Gasteiger charge is -2.36. The summed E-state index contributed by atoms with van der Waals surface area (Å²) in [5.41, 5.74) is 5.12. The van der Waals surface area contributed by atoms with Crippen molar-refractivity contribution in [3.63, 3.8) is 0 Å². The number of hydrogen-bond acceptors (Lipinski definition) is 25. The number of rotatable bonds is 24. The topological polar surface area (TPSA) is 428 Å². The first-order valence-corrected chi connectivity index (χ1v) is 56.3. The highest BCUT2D eigenvalue weighted by atomic mass is 32.3. The SMILES string of the molecule is CCC1(CC)CS(=O)(=O)c2cc(O)c(OC)cc2C(c2ccccc2)N1.CCC1(CC)CS(=O)(=O)c2cc(O)ccc2C(c2ccccc2)N1.CCC1(CC)CS(=O)(=O)c2cc(OS(=O)(=O)O)ccc2C(c2ccccc2)N1.CCCC1(CCC)CS(=O)(=O)c2cc(O)ccc2C(c2ccccc2)N1.CCCC[C@]1(CC)CS(=O)(=O)c2cc(OS(=O)(=O)O)ccc2C(c2ccccc2)N1. The van der Waals surface area contributed by atoms with Crippen molar-refractivity contribution in [2.45, 2.75) is 242 Å². The van der Waals surface area contributed by atoms with Crippen LogP contribution in [0.2, 0.25) is 0 Å². The molecule has 10 N–H and O–H groups in total. The van der Waals surface area contributed by atoms with Crippen LogP contribution in [0.15, 0.2) is 261 Å². The maximum Gasteiger partial charge on any atom is 0.446 e. The van der Waals surface area contributed by atoms with Gasteiger partial charge in [0.05, 0.1) is 90.6 Å². The fourth-order valence-corrected chi connectivity index (χ4v) is 30.5. The average molecular weight is 1970 g/mol. The summed E-state index contributed by atoms with van der Waals surface area (Å²) < 4.78 is 209. The molecule has 6 atom stereocenters. The highest BCUT2D eigenvalue weighted by molar-refractivity contribution is 7.92. The van der Waals surface area contributed by atoms with Gasteiger partial charge in [-0.25, -0.2) is 42.1 Å². The largest absolute Gasteiger partial charge is 0.508 e. The van der Waals surface area contributed by atoms with E-state index in [0.717, 1.165) is 72.4 Å². The van der Waals surface area contributed by atoms with Crippen LogP contribution in [0.5, 0.6) is 34.5 Å². The van der Waals surface area contributed by atoms with Gasteiger partial charge in [0, 0.05) is 45.9 Å². The predicted molar refractivity (Wildman–Crippen MR) is 521 cm³/mol. The van der Waals surface area contributed by atoms with Gasteiger partial charge in [-0.3, -0.25) is 35.7 Å². The molecular weight excluding hydrogens is 1850 g/mol. The van der Waals surface area contributed by atoms with E-state index in [9.17, 15) is 74.2 Å². The fraction of sp³-hybridized carbons (Fsp3) is 0.400. The van der Waals surface area contributed by atoms with Gasteiger partial charge in [0.25, 0.3) is 0 Å². The molecule has 27 nitrogen and oxygen atoms in total. The Morgan fingerprint density at radius 1 is 0.306 bits per heavy atom. The normalized spacial score (nSPS) is 21.5. The van der Waals surface area contributed by atoms with Gasteiger partial charge in [-0.1, -0.05) is 271 Å². The molecule has 0 radical (unpaired) electrons. The molecule has 0 aromatic heterocycles. The van der Waals surface area contributed by atoms with Gasteiger partial charge in [0.1, 0.15) is 23.0 Å². The van der Waals surface area contributed by atoms with Crippen LogP contribution in [0.4, 0.5) is 0 Å². The Labute approximate surface area is 791 Å². The van der Waals surface area contributed by atoms with Gasteiger partial charge in [-0.05, 0) is 162 Å². The molecule has 0 aliphatic carbocycles. The molecule has 134 heavy (non-hydrogen) atoms. The highest BCUT2D eigenvalue weighted by Crippen LogP contribution is 2.47. The number of benzene rings is 10. The summed E-state index contributed by atoms with van der Waals surface area (Å²) in [4.78, 5) is 0.650. The number of sulfone groups is 5. The van der Waals surface area contributed by atoms with Gasteiger partial charge in [0.2, 0.25) is 0 Å². The minimum Gasteiger partial charge on any atom is -0.508 e. The number of fused-ring (bicyclic) bond motifs is 5. The maximum atomic E-state index is 13.4. The zero-order chi connectivity index (χ0) is 97.7. The lowest BCUT2D eigenvalue weighted by atomic mass is 9.87. The summed E-state index contributed by atoms with van der Waals surface area (Å²) in [7, 11) is -26.2. The lowest BCUT2D eigenvalue weighted by molar-refractivity contribution is 0.287. The second kappa shape index (κ2) is 43.4. The Morgan fingerprint density at radius 3 is 0.836 bits per heavy atom. The Hall–Kier alpha value is -9.63. The summed E-state index contributed by atoms with van der Waals surface area (Å²) >= 11 is 0. The van der Waals surface area contributed by atoms with Crippen molar-refractivity contribution in [1.82, 2.24) is 26.6 Å². The first kappa shape index (κ1) is 105. The van der Waals surface area contributed by atoms with E-state index in [1.165, 1.54) is 49.6 Å². The average Bonchev–Trinajstić information content (AvgIpc) is 1.61. The minimum absolute atomic E-state index is 0.00113. The van der Waals surface area contributed by atoms with Crippen LogP contribution < -0.4 is 39.7 Å². The first-order chi connectivity index (χ1) is 63.3. The summed E-state index contributed by atoms with van der Waals surface area (Å²) in [6.07, 6.45) is 10.6. The van der Waals surface area contributed by atoms with E-state index < -0.39 is 110 Å². The quantitative estimate of drug-likeness (QED) is 0.0251. The molecule has 0 spiro atoms. The number of phenolic OH excluding ortho intramolecular Hbond substituents is 3. The smallest absolute Gasteiger partial charge is 0.446 e. The van der Waals surface area contributed by atoms with Gasteiger partial charge in [0.15, 0.2) is 60.7 Å². The standard InChI is InChI=1S/C21H27NO6S2.C21H27NO3S.C20H25NO4S.C19H23NO6S2.C19H23NO3S/c1-3-5-13-21(4-2)15-29(23,24)19-14-17(28-30(25,26)27)11-12-18(19)20(22-21)16-9-7-6-8-10-16;1-3-12-21(13-4-2)15-26(24,25)19-14-17(23)10-11-18(19)20(22-21)16-8-6-5-7-9-16;1-4-20(5-2)13-26(23,24)18-12-16(22)17(25-3)11-15(18)19(21-20)14-9-7-6-8-10-14;1-3-19(4-2)13-27(21,22)17-12-15(26-28(23,24)25)10-11-16(17)18(20-19)14-8-6-5-7-9-14;1-3-19(4-2)13-24(22,23)17-12-15(21)10-11-16(17)18(20-19)14-8-6-5-7-9-14/h6-12,14,20,22H,3-5,13,15H2,1-2H3,(H,25,26,27);5-11,14,20,22-23H,3-4,12-13,15H2,1-2H3;6-12,19,21-22H,4-5,13H2,1-3H3;5-12,18,20H,3-4,13H2,1-2H3,(H,23,24,25);5-12,18,20-21H,3-4,13H2,1-2H3/t20?,21-;;;;/m1..../s1. The summed E-state index contributed by atoms with van der Waals surface area (Å²) in [6.45, 7) is 20.1. The van der Waals surface area contributed by atoms with Gasteiger partial charge >= 0.3 is 20.8 Å². The number of nitrogens with one attached hydrogen (secondary N) is 5. The molecule has 0 amide bonds. The summed E-state index contributed by atoms with van der Waals surface area (Å²) in [5, 5.41) is 48.0. The molecule has 5 aliphatic rings. The van der Waals surface area contributed by atoms with Crippen molar-refractivity contribution >= 4 is 70.0 Å². The molecular formula is C100H125N5O22S7. The van der Waals surface area contributed by atoms with Crippen molar-refractivity contribution in [2.75, 3.05) is 35.9 Å². The van der Waals surface area contributed by atoms with Crippen molar-refractivity contribution in [1.29, 1.82) is 0 Å². The first-order valence-electron chi connectivity index (χ1n) is 45.3. The molecule has 0 saturated heterocycles. The third kappa shape index (κ3) is 24.8. The Kier molecular flexibility index (Phi) is 33.9. The van der Waals surface area contributed by atoms with E-state index >= 15 is 0 Å². The van der Waals surface area contributed by atoms with Crippen LogP contribution in [-0.2, 0) is 70.0 Å². The van der Waals surface area contributed by atoms with Crippen LogP contribution in [-0.4, -0.2) is 147 Å². The van der Waals surface area contributed by atoms with Crippen molar-refractivity contribution in [3.05, 3.63) is 292 Å². The molecule has 724 valence electrons. The monoisotopic (exact) mass is 1970 g/mol. The predicted octanol–water partition coefficient (Wildman–Crippen LogP) is 17.6. The highest BCUT2D eigenvalue weighted by Gasteiger charge is 2.48. The molecule has 0 saturated carbocycles. The maximum absolute atomic E-state index is 13.4.